The van der Waals surface area contributed by atoms with Crippen molar-refractivity contribution in [2.24, 2.45) is 0 Å². The second-order valence-corrected chi connectivity index (χ2v) is 6.25. The summed E-state index contributed by atoms with van der Waals surface area (Å²) in [6, 6.07) is 8.85. The monoisotopic (exact) mass is 393 g/mol. The van der Waals surface area contributed by atoms with E-state index < -0.39 is 0 Å². The van der Waals surface area contributed by atoms with Crippen LogP contribution in [-0.4, -0.2) is 37.1 Å². The predicted molar refractivity (Wildman–Crippen MR) is 107 cm³/mol. The minimum atomic E-state index is -0.253. The molecule has 0 bridgehead atoms. The van der Waals surface area contributed by atoms with Gasteiger partial charge in [-0.05, 0) is 25.1 Å². The van der Waals surface area contributed by atoms with Crippen LogP contribution in [0, 0.1) is 6.92 Å². The molecule has 0 unspecified atom stereocenters. The van der Waals surface area contributed by atoms with Crippen LogP contribution in [0.5, 0.6) is 23.1 Å². The number of aryl methyl sites for hydroxylation is 1. The number of carbonyl (C=O) groups excluding carboxylic acids is 1. The summed E-state index contributed by atoms with van der Waals surface area (Å²) in [5.74, 6) is 2.12. The Labute approximate surface area is 166 Å². The van der Waals surface area contributed by atoms with Gasteiger partial charge in [-0.2, -0.15) is 0 Å². The third-order valence-corrected chi connectivity index (χ3v) is 4.62. The summed E-state index contributed by atoms with van der Waals surface area (Å²) in [5, 5.41) is 3.86. The van der Waals surface area contributed by atoms with E-state index >= 15 is 0 Å². The molecule has 4 aromatic rings. The van der Waals surface area contributed by atoms with Gasteiger partial charge >= 0.3 is 0 Å². The average Bonchev–Trinajstić information content (AvgIpc) is 3.09. The molecule has 0 atom stereocenters. The summed E-state index contributed by atoms with van der Waals surface area (Å²) in [7, 11) is 4.69. The van der Waals surface area contributed by atoms with Crippen molar-refractivity contribution in [1.29, 1.82) is 0 Å². The Morgan fingerprint density at radius 2 is 1.83 bits per heavy atom. The van der Waals surface area contributed by atoms with Crippen molar-refractivity contribution in [3.05, 3.63) is 48.0 Å². The zero-order chi connectivity index (χ0) is 20.5. The zero-order valence-corrected chi connectivity index (χ0v) is 16.4. The fraction of sp³-hybridized carbons (Fsp3) is 0.190. The quantitative estimate of drug-likeness (QED) is 0.550. The zero-order valence-electron chi connectivity index (χ0n) is 16.4. The first-order chi connectivity index (χ1) is 14.1. The molecule has 1 amide bonds. The lowest BCUT2D eigenvalue weighted by molar-refractivity contribution is 0.0963. The van der Waals surface area contributed by atoms with Crippen LogP contribution in [0.1, 0.15) is 16.1 Å². The van der Waals surface area contributed by atoms with Crippen LogP contribution >= 0.6 is 0 Å². The summed E-state index contributed by atoms with van der Waals surface area (Å²) >= 11 is 0. The summed E-state index contributed by atoms with van der Waals surface area (Å²) in [6.45, 7) is 1.74. The molecule has 0 aliphatic heterocycles. The van der Waals surface area contributed by atoms with E-state index in [2.05, 4.69) is 15.3 Å². The number of carbonyl (C=O) groups is 1. The third kappa shape index (κ3) is 3.08. The Kier molecular flexibility index (Phi) is 4.67. The number of amides is 1. The first-order valence-corrected chi connectivity index (χ1v) is 8.86. The number of nitrogens with zero attached hydrogens (tertiary/aromatic N) is 2. The minimum absolute atomic E-state index is 0.253. The summed E-state index contributed by atoms with van der Waals surface area (Å²) in [4.78, 5) is 21.0. The maximum atomic E-state index is 12.4. The molecule has 0 aliphatic rings. The van der Waals surface area contributed by atoms with Gasteiger partial charge < -0.3 is 23.9 Å². The van der Waals surface area contributed by atoms with Crippen molar-refractivity contribution in [3.63, 3.8) is 0 Å². The summed E-state index contributed by atoms with van der Waals surface area (Å²) in [5.41, 5.74) is 1.61. The molecular formula is C21H19N3O5. The van der Waals surface area contributed by atoms with Crippen LogP contribution in [0.4, 0.5) is 0 Å². The Morgan fingerprint density at radius 3 is 2.55 bits per heavy atom. The van der Waals surface area contributed by atoms with Gasteiger partial charge in [-0.3, -0.25) is 4.79 Å². The molecule has 1 N–H and O–H groups in total. The fourth-order valence-corrected chi connectivity index (χ4v) is 3.26. The van der Waals surface area contributed by atoms with Crippen LogP contribution in [0.25, 0.3) is 21.9 Å². The number of rotatable bonds is 5. The van der Waals surface area contributed by atoms with E-state index in [0.717, 1.165) is 0 Å². The van der Waals surface area contributed by atoms with Crippen LogP contribution in [0.2, 0.25) is 0 Å². The lowest BCUT2D eigenvalue weighted by Crippen LogP contribution is -2.18. The highest BCUT2D eigenvalue weighted by Crippen LogP contribution is 2.39. The highest BCUT2D eigenvalue weighted by atomic mass is 16.5. The van der Waals surface area contributed by atoms with Gasteiger partial charge in [0, 0.05) is 13.1 Å². The molecule has 0 radical (unpaired) electrons. The van der Waals surface area contributed by atoms with Crippen molar-refractivity contribution in [2.45, 2.75) is 6.92 Å². The van der Waals surface area contributed by atoms with Gasteiger partial charge in [0.2, 0.25) is 5.88 Å². The lowest BCUT2D eigenvalue weighted by atomic mass is 10.1. The second-order valence-electron chi connectivity index (χ2n) is 6.25. The lowest BCUT2D eigenvalue weighted by Gasteiger charge is -2.12. The third-order valence-electron chi connectivity index (χ3n) is 4.62. The normalized spacial score (nSPS) is 10.9. The number of aromatic nitrogens is 2. The smallest absolute Gasteiger partial charge is 0.255 e. The fourth-order valence-electron chi connectivity index (χ4n) is 3.26. The maximum absolute atomic E-state index is 12.4. The van der Waals surface area contributed by atoms with Gasteiger partial charge in [0.1, 0.15) is 23.4 Å². The van der Waals surface area contributed by atoms with E-state index in [1.165, 1.54) is 6.33 Å². The number of ether oxygens (including phenoxy) is 3. The Bertz CT molecular complexity index is 1230. The van der Waals surface area contributed by atoms with E-state index in [-0.39, 0.29) is 5.91 Å². The van der Waals surface area contributed by atoms with Crippen LogP contribution in [-0.2, 0) is 0 Å². The first kappa shape index (κ1) is 18.5. The Hall–Kier alpha value is -3.81. The molecule has 0 aliphatic carbocycles. The number of hydrogen-bond donors (Lipinski definition) is 1. The largest absolute Gasteiger partial charge is 0.493 e. The number of nitrogens with one attached hydrogen (secondary N) is 1. The number of methoxy groups -OCH3 is 2. The van der Waals surface area contributed by atoms with Crippen molar-refractivity contribution in [1.82, 2.24) is 15.3 Å². The summed E-state index contributed by atoms with van der Waals surface area (Å²) in [6.07, 6.45) is 1.41. The average molecular weight is 393 g/mol. The van der Waals surface area contributed by atoms with E-state index in [4.69, 9.17) is 18.6 Å². The second kappa shape index (κ2) is 7.31. The SMILES string of the molecule is CNC(=O)c1c(C)oc2cccc(Oc3ncnc4cc(OC)c(OC)cc34)c12. The molecule has 0 saturated carbocycles. The van der Waals surface area contributed by atoms with Gasteiger partial charge in [0.05, 0.1) is 36.1 Å². The molecule has 29 heavy (non-hydrogen) atoms. The van der Waals surface area contributed by atoms with E-state index in [1.54, 1.807) is 58.5 Å². The van der Waals surface area contributed by atoms with Crippen LogP contribution in [0.15, 0.2) is 41.1 Å². The molecule has 8 nitrogen and oxygen atoms in total. The van der Waals surface area contributed by atoms with Crippen molar-refractivity contribution >= 4 is 27.8 Å². The van der Waals surface area contributed by atoms with Gasteiger partial charge in [-0.1, -0.05) is 6.07 Å². The van der Waals surface area contributed by atoms with Crippen LogP contribution < -0.4 is 19.5 Å². The van der Waals surface area contributed by atoms with Crippen molar-refractivity contribution in [3.8, 4) is 23.1 Å². The standard InChI is InChI=1S/C21H19N3O5/c1-11-18(20(25)22-2)19-14(28-11)6-5-7-15(19)29-21-12-8-16(26-3)17(27-4)9-13(12)23-10-24-21/h5-10H,1-4H3,(H,22,25). The molecule has 2 aromatic heterocycles. The molecule has 2 heterocycles. The number of furan rings is 1. The van der Waals surface area contributed by atoms with Gasteiger partial charge in [0.15, 0.2) is 11.5 Å². The van der Waals surface area contributed by atoms with Crippen molar-refractivity contribution in [2.75, 3.05) is 21.3 Å². The maximum Gasteiger partial charge on any atom is 0.255 e. The highest BCUT2D eigenvalue weighted by Gasteiger charge is 2.22. The van der Waals surface area contributed by atoms with Gasteiger partial charge in [-0.15, -0.1) is 0 Å². The molecule has 0 spiro atoms. The minimum Gasteiger partial charge on any atom is -0.493 e. The highest BCUT2D eigenvalue weighted by molar-refractivity contribution is 6.09. The van der Waals surface area contributed by atoms with Gasteiger partial charge in [0.25, 0.3) is 5.91 Å². The molecule has 0 fully saturated rings. The van der Waals surface area contributed by atoms with E-state index in [1.807, 2.05) is 0 Å². The Morgan fingerprint density at radius 1 is 1.07 bits per heavy atom. The molecular weight excluding hydrogens is 374 g/mol. The topological polar surface area (TPSA) is 95.7 Å². The molecule has 148 valence electrons. The Balaban J connectivity index is 1.89. The van der Waals surface area contributed by atoms with Crippen molar-refractivity contribution < 1.29 is 23.4 Å². The summed E-state index contributed by atoms with van der Waals surface area (Å²) < 4.78 is 22.6. The van der Waals surface area contributed by atoms with Gasteiger partial charge in [-0.25, -0.2) is 9.97 Å². The number of hydrogen-bond acceptors (Lipinski definition) is 7. The molecule has 0 saturated heterocycles. The molecule has 8 heteroatoms. The molecule has 2 aromatic carbocycles. The molecule has 4 rings (SSSR count). The first-order valence-electron chi connectivity index (χ1n) is 8.86. The van der Waals surface area contributed by atoms with E-state index in [0.29, 0.717) is 56.3 Å². The predicted octanol–water partition coefficient (Wildman–Crippen LogP) is 3.85. The van der Waals surface area contributed by atoms with Crippen LogP contribution in [0.3, 0.4) is 0 Å². The van der Waals surface area contributed by atoms with E-state index in [9.17, 15) is 4.79 Å². The number of benzene rings is 2. The number of fused-ring (bicyclic) bond motifs is 2.